The Labute approximate surface area is 202 Å². The third-order valence-corrected chi connectivity index (χ3v) is 7.24. The Hall–Kier alpha value is -3.23. The normalized spacial score (nSPS) is 22.9. The zero-order valence-corrected chi connectivity index (χ0v) is 20.3. The fraction of sp³-hybridized carbons (Fsp3) is 0.360. The first-order valence-electron chi connectivity index (χ1n) is 10.9. The van der Waals surface area contributed by atoms with Crippen LogP contribution in [0.1, 0.15) is 34.6 Å². The van der Waals surface area contributed by atoms with Crippen molar-refractivity contribution in [2.45, 2.75) is 25.0 Å². The maximum atomic E-state index is 14.0. The molecule has 0 amide bonds. The quantitative estimate of drug-likeness (QED) is 0.598. The highest BCUT2D eigenvalue weighted by Gasteiger charge is 2.62. The first-order chi connectivity index (χ1) is 16.3. The molecule has 34 heavy (non-hydrogen) atoms. The van der Waals surface area contributed by atoms with Gasteiger partial charge in [-0.1, -0.05) is 30.7 Å². The summed E-state index contributed by atoms with van der Waals surface area (Å²) in [5.41, 5.74) is 1.26. The smallest absolute Gasteiger partial charge is 0.217 e. The van der Waals surface area contributed by atoms with Crippen LogP contribution in [0.2, 0.25) is 5.02 Å². The van der Waals surface area contributed by atoms with Crippen LogP contribution in [0.25, 0.3) is 11.3 Å². The average Bonchev–Trinajstić information content (AvgIpc) is 3.33. The summed E-state index contributed by atoms with van der Waals surface area (Å²) >= 11 is 6.55. The number of hydrogen-bond acceptors (Lipinski definition) is 7. The number of aromatic nitrogens is 2. The Morgan fingerprint density at radius 3 is 2.50 bits per heavy atom. The van der Waals surface area contributed by atoms with Gasteiger partial charge in [-0.15, -0.1) is 0 Å². The maximum absolute atomic E-state index is 14.0. The van der Waals surface area contributed by atoms with Crippen LogP contribution in [-0.2, 0) is 13.5 Å². The maximum Gasteiger partial charge on any atom is 0.217 e. The fourth-order valence-electron chi connectivity index (χ4n) is 5.24. The van der Waals surface area contributed by atoms with E-state index < -0.39 is 17.6 Å². The summed E-state index contributed by atoms with van der Waals surface area (Å²) < 4.78 is 24.4. The van der Waals surface area contributed by atoms with E-state index in [1.165, 1.54) is 14.2 Å². The molecule has 2 aromatic carbocycles. The Balaban J connectivity index is 1.72. The molecule has 2 heterocycles. The average molecular weight is 485 g/mol. The Kier molecular flexibility index (Phi) is 5.26. The minimum absolute atomic E-state index is 0.153. The lowest BCUT2D eigenvalue weighted by atomic mass is 9.69. The molecule has 1 aromatic heterocycles. The van der Waals surface area contributed by atoms with Crippen molar-refractivity contribution in [1.29, 1.82) is 0 Å². The van der Waals surface area contributed by atoms with E-state index in [0.29, 0.717) is 34.9 Å². The van der Waals surface area contributed by atoms with E-state index in [4.69, 9.17) is 30.5 Å². The second-order valence-corrected chi connectivity index (χ2v) is 8.94. The van der Waals surface area contributed by atoms with E-state index in [-0.39, 0.29) is 27.9 Å². The summed E-state index contributed by atoms with van der Waals surface area (Å²) in [5, 5.41) is 16.7. The number of Topliss-reactive ketones (excluding diaryl/α,β-unsaturated/α-hetero) is 1. The molecule has 0 saturated carbocycles. The summed E-state index contributed by atoms with van der Waals surface area (Å²) in [7, 11) is 6.32. The highest BCUT2D eigenvalue weighted by Crippen LogP contribution is 2.57. The van der Waals surface area contributed by atoms with E-state index >= 15 is 0 Å². The molecule has 0 unspecified atom stereocenters. The predicted molar refractivity (Wildman–Crippen MR) is 125 cm³/mol. The number of fused-ring (bicyclic) bond motifs is 2. The molecule has 0 fully saturated rings. The van der Waals surface area contributed by atoms with E-state index in [1.807, 2.05) is 31.2 Å². The van der Waals surface area contributed by atoms with Crippen molar-refractivity contribution in [3.8, 4) is 34.3 Å². The molecule has 9 heteroatoms. The van der Waals surface area contributed by atoms with Gasteiger partial charge in [0.25, 0.3) is 0 Å². The number of ether oxygens (including phenoxy) is 4. The van der Waals surface area contributed by atoms with Gasteiger partial charge in [0.1, 0.15) is 33.9 Å². The van der Waals surface area contributed by atoms with Gasteiger partial charge in [-0.05, 0) is 18.6 Å². The van der Waals surface area contributed by atoms with E-state index in [2.05, 4.69) is 5.10 Å². The van der Waals surface area contributed by atoms with Crippen LogP contribution in [0, 0.1) is 5.92 Å². The SMILES string of the molecule is COc1ccccc1-c1c2c(nn1C)C[C@@H](C)[C@]1(Oc3c(Cl)c(OC)cc(OC)c3C1=O)[C@@H]2O. The van der Waals surface area contributed by atoms with Crippen molar-refractivity contribution in [3.05, 3.63) is 52.2 Å². The van der Waals surface area contributed by atoms with Gasteiger partial charge in [0, 0.05) is 30.2 Å². The first kappa shape index (κ1) is 22.6. The molecule has 0 radical (unpaired) electrons. The first-order valence-corrected chi connectivity index (χ1v) is 11.2. The third-order valence-electron chi connectivity index (χ3n) is 6.88. The molecule has 1 N–H and O–H groups in total. The molecule has 1 aliphatic carbocycles. The number of carbonyl (C=O) groups excluding carboxylic acids is 1. The number of aryl methyl sites for hydroxylation is 1. The molecule has 3 atom stereocenters. The van der Waals surface area contributed by atoms with Crippen molar-refractivity contribution in [2.75, 3.05) is 21.3 Å². The number of para-hydroxylation sites is 1. The van der Waals surface area contributed by atoms with Gasteiger partial charge in [-0.2, -0.15) is 5.10 Å². The topological polar surface area (TPSA) is 92.0 Å². The molecule has 5 rings (SSSR count). The van der Waals surface area contributed by atoms with E-state index in [9.17, 15) is 9.90 Å². The molecule has 1 spiro atoms. The van der Waals surface area contributed by atoms with Crippen LogP contribution in [0.3, 0.4) is 0 Å². The second-order valence-electron chi connectivity index (χ2n) is 8.56. The number of benzene rings is 2. The molecule has 8 nitrogen and oxygen atoms in total. The highest BCUT2D eigenvalue weighted by molar-refractivity contribution is 6.35. The third kappa shape index (κ3) is 2.82. The fourth-order valence-corrected chi connectivity index (χ4v) is 5.51. The van der Waals surface area contributed by atoms with Crippen molar-refractivity contribution in [3.63, 3.8) is 0 Å². The molecule has 1 aliphatic heterocycles. The predicted octanol–water partition coefficient (Wildman–Crippen LogP) is 4.01. The monoisotopic (exact) mass is 484 g/mol. The van der Waals surface area contributed by atoms with Gasteiger partial charge in [0.15, 0.2) is 5.75 Å². The summed E-state index contributed by atoms with van der Waals surface area (Å²) in [5.74, 6) is 0.590. The van der Waals surface area contributed by atoms with Crippen LogP contribution < -0.4 is 18.9 Å². The Morgan fingerprint density at radius 2 is 1.82 bits per heavy atom. The number of halogens is 1. The number of carbonyl (C=O) groups is 1. The minimum Gasteiger partial charge on any atom is -0.496 e. The number of hydrogen-bond donors (Lipinski definition) is 1. The standard InChI is InChI=1S/C25H25ClN2O6/c1-12-10-14-18(21(28(2)27-14)13-8-6-7-9-15(13)31-3)23(29)25(12)24(30)19-16(32-4)11-17(33-5)20(26)22(19)34-25/h6-9,11-12,23,29H,10H2,1-5H3/t12-,23-,25+/m1/s1. The zero-order chi connectivity index (χ0) is 24.4. The molecule has 0 bridgehead atoms. The summed E-state index contributed by atoms with van der Waals surface area (Å²) in [6.07, 6.45) is -0.891. The van der Waals surface area contributed by atoms with Gasteiger partial charge in [0.2, 0.25) is 11.4 Å². The van der Waals surface area contributed by atoms with Crippen molar-refractivity contribution < 1.29 is 28.8 Å². The number of ketones is 1. The molecular formula is C25H25ClN2O6. The summed E-state index contributed by atoms with van der Waals surface area (Å²) in [6, 6.07) is 9.04. The molecule has 2 aliphatic rings. The summed E-state index contributed by atoms with van der Waals surface area (Å²) in [4.78, 5) is 14.0. The van der Waals surface area contributed by atoms with Crippen LogP contribution in [0.15, 0.2) is 30.3 Å². The number of rotatable bonds is 4. The zero-order valence-electron chi connectivity index (χ0n) is 19.5. The largest absolute Gasteiger partial charge is 0.496 e. The van der Waals surface area contributed by atoms with Crippen molar-refractivity contribution >= 4 is 17.4 Å². The molecule has 3 aromatic rings. The van der Waals surface area contributed by atoms with Crippen LogP contribution in [0.4, 0.5) is 0 Å². The Morgan fingerprint density at radius 1 is 1.15 bits per heavy atom. The van der Waals surface area contributed by atoms with Gasteiger partial charge < -0.3 is 24.1 Å². The highest BCUT2D eigenvalue weighted by atomic mass is 35.5. The minimum atomic E-state index is -1.60. The van der Waals surface area contributed by atoms with Gasteiger partial charge in [-0.25, -0.2) is 0 Å². The van der Waals surface area contributed by atoms with Crippen LogP contribution in [0.5, 0.6) is 23.0 Å². The van der Waals surface area contributed by atoms with Gasteiger partial charge in [0.05, 0.1) is 32.7 Å². The van der Waals surface area contributed by atoms with Crippen molar-refractivity contribution in [1.82, 2.24) is 9.78 Å². The number of nitrogens with zero attached hydrogens (tertiary/aromatic N) is 2. The Bertz CT molecular complexity index is 1320. The molecule has 0 saturated heterocycles. The van der Waals surface area contributed by atoms with E-state index in [1.54, 1.807) is 24.9 Å². The lowest BCUT2D eigenvalue weighted by Crippen LogP contribution is -2.54. The molecular weight excluding hydrogens is 460 g/mol. The number of aliphatic hydroxyl groups is 1. The molecule has 178 valence electrons. The summed E-state index contributed by atoms with van der Waals surface area (Å²) in [6.45, 7) is 1.87. The lowest BCUT2D eigenvalue weighted by Gasteiger charge is -2.40. The van der Waals surface area contributed by atoms with Crippen LogP contribution in [-0.4, -0.2) is 47.6 Å². The van der Waals surface area contributed by atoms with E-state index in [0.717, 1.165) is 5.56 Å². The lowest BCUT2D eigenvalue weighted by molar-refractivity contribution is -0.0634. The number of methoxy groups -OCH3 is 3. The number of aliphatic hydroxyl groups excluding tert-OH is 1. The van der Waals surface area contributed by atoms with Gasteiger partial charge in [-0.3, -0.25) is 9.48 Å². The second kappa shape index (κ2) is 7.92. The van der Waals surface area contributed by atoms with Crippen LogP contribution >= 0.6 is 11.6 Å². The van der Waals surface area contributed by atoms with Gasteiger partial charge >= 0.3 is 0 Å². The van der Waals surface area contributed by atoms with Crippen molar-refractivity contribution in [2.24, 2.45) is 13.0 Å².